The van der Waals surface area contributed by atoms with Crippen molar-refractivity contribution in [3.8, 4) is 0 Å². The zero-order chi connectivity index (χ0) is 17.5. The standard InChI is InChI=1S/C16H30Br4OSi2/c1-22(2,3)21-23(4,13-9-5-7-11-15(13,17)18)14-10-6-8-12-16(14,19)20/h13-14H,5-12H2,1-4H3. The van der Waals surface area contributed by atoms with Gasteiger partial charge in [-0.15, -0.1) is 0 Å². The average molecular weight is 614 g/mol. The Morgan fingerprint density at radius 3 is 1.43 bits per heavy atom. The molecule has 0 spiro atoms. The van der Waals surface area contributed by atoms with Gasteiger partial charge in [-0.3, -0.25) is 0 Å². The van der Waals surface area contributed by atoms with E-state index in [2.05, 4.69) is 89.9 Å². The van der Waals surface area contributed by atoms with Gasteiger partial charge >= 0.3 is 0 Å². The molecule has 7 heteroatoms. The molecule has 0 saturated heterocycles. The first-order valence-electron chi connectivity index (χ1n) is 8.84. The van der Waals surface area contributed by atoms with Crippen LogP contribution in [0.25, 0.3) is 0 Å². The van der Waals surface area contributed by atoms with Gasteiger partial charge in [-0.05, 0) is 51.9 Å². The number of hydrogen-bond acceptors (Lipinski definition) is 1. The molecular weight excluding hydrogens is 584 g/mol. The maximum Gasteiger partial charge on any atom is 0.187 e. The van der Waals surface area contributed by atoms with Crippen LogP contribution in [0.5, 0.6) is 0 Å². The van der Waals surface area contributed by atoms with Gasteiger partial charge in [-0.2, -0.15) is 0 Å². The second-order valence-corrected chi connectivity index (χ2v) is 25.1. The van der Waals surface area contributed by atoms with Crippen molar-refractivity contribution < 1.29 is 4.12 Å². The molecule has 0 aromatic carbocycles. The monoisotopic (exact) mass is 610 g/mol. The topological polar surface area (TPSA) is 9.23 Å². The molecule has 0 aliphatic heterocycles. The van der Waals surface area contributed by atoms with E-state index in [9.17, 15) is 0 Å². The minimum Gasteiger partial charge on any atom is -0.455 e. The van der Waals surface area contributed by atoms with Crippen LogP contribution in [0.4, 0.5) is 0 Å². The molecule has 0 aromatic heterocycles. The molecule has 0 N–H and O–H groups in total. The van der Waals surface area contributed by atoms with Gasteiger partial charge < -0.3 is 4.12 Å². The van der Waals surface area contributed by atoms with Crippen molar-refractivity contribution >= 4 is 80.4 Å². The molecule has 0 radical (unpaired) electrons. The van der Waals surface area contributed by atoms with Gasteiger partial charge in [0, 0.05) is 11.1 Å². The van der Waals surface area contributed by atoms with Gasteiger partial charge in [0.25, 0.3) is 0 Å². The lowest BCUT2D eigenvalue weighted by Crippen LogP contribution is -2.59. The molecule has 0 heterocycles. The van der Waals surface area contributed by atoms with E-state index in [-0.39, 0.29) is 6.47 Å². The van der Waals surface area contributed by atoms with Crippen LogP contribution in [0.15, 0.2) is 0 Å². The van der Waals surface area contributed by atoms with E-state index < -0.39 is 16.6 Å². The van der Waals surface area contributed by atoms with Crippen LogP contribution in [-0.4, -0.2) is 23.1 Å². The first-order valence-corrected chi connectivity index (χ1v) is 18.0. The lowest BCUT2D eigenvalue weighted by atomic mass is 9.99. The number of alkyl halides is 4. The third-order valence-electron chi connectivity index (χ3n) is 5.44. The summed E-state index contributed by atoms with van der Waals surface area (Å²) < 4.78 is 7.26. The Labute approximate surface area is 178 Å². The lowest BCUT2D eigenvalue weighted by Gasteiger charge is -2.54. The molecule has 2 atom stereocenters. The Balaban J connectivity index is 2.43. The second-order valence-electron chi connectivity index (χ2n) is 8.52. The van der Waals surface area contributed by atoms with Gasteiger partial charge in [0.2, 0.25) is 0 Å². The molecular formula is C16H30Br4OSi2. The second kappa shape index (κ2) is 7.74. The minimum absolute atomic E-state index is 0.0619. The molecule has 136 valence electrons. The molecule has 2 aliphatic carbocycles. The Hall–Kier alpha value is 2.31. The molecule has 2 fully saturated rings. The van der Waals surface area contributed by atoms with E-state index in [1.165, 1.54) is 51.4 Å². The molecule has 0 amide bonds. The fourth-order valence-corrected chi connectivity index (χ4v) is 22.6. The highest BCUT2D eigenvalue weighted by Crippen LogP contribution is 2.63. The normalized spacial score (nSPS) is 33.9. The molecule has 2 rings (SSSR count). The third kappa shape index (κ3) is 5.19. The molecule has 23 heavy (non-hydrogen) atoms. The highest BCUT2D eigenvalue weighted by atomic mass is 79.9. The van der Waals surface area contributed by atoms with Gasteiger partial charge in [0.15, 0.2) is 16.6 Å². The first-order chi connectivity index (χ1) is 10.4. The number of rotatable bonds is 4. The van der Waals surface area contributed by atoms with E-state index in [0.29, 0.717) is 11.1 Å². The summed E-state index contributed by atoms with van der Waals surface area (Å²) in [5, 5.41) is 0. The maximum absolute atomic E-state index is 7.13. The summed E-state index contributed by atoms with van der Waals surface area (Å²) in [5.41, 5.74) is 1.24. The molecule has 2 aliphatic rings. The summed E-state index contributed by atoms with van der Waals surface area (Å²) in [5.74, 6) is 0. The Bertz CT molecular complexity index is 395. The van der Waals surface area contributed by atoms with Crippen LogP contribution in [0, 0.1) is 0 Å². The number of halogens is 4. The van der Waals surface area contributed by atoms with Crippen molar-refractivity contribution in [2.24, 2.45) is 0 Å². The van der Waals surface area contributed by atoms with E-state index in [1.807, 2.05) is 0 Å². The number of hydrogen-bond donors (Lipinski definition) is 0. The molecule has 0 aromatic rings. The highest BCUT2D eigenvalue weighted by Gasteiger charge is 2.59. The van der Waals surface area contributed by atoms with Crippen LogP contribution in [0.2, 0.25) is 37.3 Å². The van der Waals surface area contributed by atoms with Crippen molar-refractivity contribution in [3.05, 3.63) is 0 Å². The summed E-state index contributed by atoms with van der Waals surface area (Å²) >= 11 is 16.3. The zero-order valence-corrected chi connectivity index (χ0v) is 23.1. The van der Waals surface area contributed by atoms with Crippen LogP contribution in [-0.2, 0) is 4.12 Å². The van der Waals surface area contributed by atoms with Crippen LogP contribution in [0.1, 0.15) is 51.4 Å². The van der Waals surface area contributed by atoms with Crippen LogP contribution >= 0.6 is 63.7 Å². The van der Waals surface area contributed by atoms with E-state index in [4.69, 9.17) is 4.12 Å². The quantitative estimate of drug-likeness (QED) is 0.229. The fraction of sp³-hybridized carbons (Fsp3) is 1.00. The zero-order valence-electron chi connectivity index (χ0n) is 14.7. The molecule has 2 saturated carbocycles. The highest BCUT2D eigenvalue weighted by molar-refractivity contribution is 9.25. The minimum atomic E-state index is -1.98. The maximum atomic E-state index is 7.13. The van der Waals surface area contributed by atoms with Crippen LogP contribution < -0.4 is 0 Å². The largest absolute Gasteiger partial charge is 0.455 e. The van der Waals surface area contributed by atoms with Gasteiger partial charge in [0.05, 0.1) is 6.47 Å². The smallest absolute Gasteiger partial charge is 0.187 e. The molecule has 0 bridgehead atoms. The SMILES string of the molecule is C[Si](C)(C)O[Si](C)(C1CCCCC1(Br)Br)C1CCCCC1(Br)Br. The van der Waals surface area contributed by atoms with Crippen molar-refractivity contribution in [1.29, 1.82) is 0 Å². The predicted molar refractivity (Wildman–Crippen MR) is 122 cm³/mol. The van der Waals surface area contributed by atoms with Gasteiger partial charge in [0.1, 0.15) is 0 Å². The predicted octanol–water partition coefficient (Wildman–Crippen LogP) is 8.27. The fourth-order valence-electron chi connectivity index (χ4n) is 4.65. The molecule has 1 nitrogen and oxygen atoms in total. The summed E-state index contributed by atoms with van der Waals surface area (Å²) in [6.45, 7) is 9.61. The average Bonchev–Trinajstić information content (AvgIpc) is 2.34. The summed E-state index contributed by atoms with van der Waals surface area (Å²) in [7, 11) is -3.59. The summed E-state index contributed by atoms with van der Waals surface area (Å²) in [6, 6.07) is 0. The van der Waals surface area contributed by atoms with E-state index >= 15 is 0 Å². The van der Waals surface area contributed by atoms with E-state index in [1.54, 1.807) is 0 Å². The van der Waals surface area contributed by atoms with Crippen molar-refractivity contribution in [2.45, 2.75) is 95.1 Å². The van der Waals surface area contributed by atoms with Crippen molar-refractivity contribution in [3.63, 3.8) is 0 Å². The van der Waals surface area contributed by atoms with Gasteiger partial charge in [-0.25, -0.2) is 0 Å². The van der Waals surface area contributed by atoms with E-state index in [0.717, 1.165) is 0 Å². The van der Waals surface area contributed by atoms with Crippen LogP contribution in [0.3, 0.4) is 0 Å². The van der Waals surface area contributed by atoms with Crippen molar-refractivity contribution in [2.75, 3.05) is 0 Å². The summed E-state index contributed by atoms with van der Waals surface area (Å²) in [6.07, 6.45) is 10.3. The first kappa shape index (κ1) is 21.6. The Morgan fingerprint density at radius 1 is 0.739 bits per heavy atom. The summed E-state index contributed by atoms with van der Waals surface area (Å²) in [4.78, 5) is 0. The molecule has 2 unspecified atom stereocenters. The Kier molecular flexibility index (Phi) is 7.28. The van der Waals surface area contributed by atoms with Crippen molar-refractivity contribution in [1.82, 2.24) is 0 Å². The van der Waals surface area contributed by atoms with Gasteiger partial charge in [-0.1, -0.05) is 89.4 Å². The third-order valence-corrected chi connectivity index (χ3v) is 19.5. The lowest BCUT2D eigenvalue weighted by molar-refractivity contribution is 0.385. The Morgan fingerprint density at radius 2 is 1.13 bits per heavy atom.